The van der Waals surface area contributed by atoms with Crippen LogP contribution >= 0.6 is 0 Å². The molecule has 57 heavy (non-hydrogen) atoms. The lowest BCUT2D eigenvalue weighted by atomic mass is 10.0. The maximum atomic E-state index is 6.33. The Balaban J connectivity index is 1.12. The molecule has 8 aromatic carbocycles. The topological polar surface area (TPSA) is 69.9 Å². The van der Waals surface area contributed by atoms with Crippen LogP contribution in [0.4, 0.5) is 0 Å². The van der Waals surface area contributed by atoms with Crippen molar-refractivity contribution in [2.75, 3.05) is 0 Å². The Morgan fingerprint density at radius 3 is 1.72 bits per heavy atom. The van der Waals surface area contributed by atoms with Crippen molar-refractivity contribution in [3.8, 4) is 51.0 Å². The van der Waals surface area contributed by atoms with E-state index in [0.717, 1.165) is 99.2 Å². The van der Waals surface area contributed by atoms with Gasteiger partial charge in [0.1, 0.15) is 22.3 Å². The number of fused-ring (bicyclic) bond motifs is 9. The number of benzene rings is 8. The van der Waals surface area contributed by atoms with Gasteiger partial charge >= 0.3 is 0 Å². The molecule has 0 atom stereocenters. The Labute approximate surface area is 325 Å². The summed E-state index contributed by atoms with van der Waals surface area (Å²) in [6.07, 6.45) is 0. The van der Waals surface area contributed by atoms with E-state index in [1.807, 2.05) is 54.6 Å². The summed E-state index contributed by atoms with van der Waals surface area (Å²) in [5.74, 6) is 1.72. The van der Waals surface area contributed by atoms with Crippen molar-refractivity contribution in [2.45, 2.75) is 0 Å². The first-order valence-electron chi connectivity index (χ1n) is 19.0. The molecular weight excluding hydrogens is 701 g/mol. The van der Waals surface area contributed by atoms with Gasteiger partial charge in [-0.15, -0.1) is 0 Å². The van der Waals surface area contributed by atoms with Crippen molar-refractivity contribution >= 4 is 65.7 Å². The molecule has 0 saturated carbocycles. The van der Waals surface area contributed by atoms with Gasteiger partial charge in [-0.1, -0.05) is 121 Å². The van der Waals surface area contributed by atoms with Gasteiger partial charge in [0.05, 0.1) is 16.7 Å². The number of hydrogen-bond donors (Lipinski definition) is 0. The maximum Gasteiger partial charge on any atom is 0.164 e. The van der Waals surface area contributed by atoms with E-state index in [4.69, 9.17) is 23.8 Å². The summed E-state index contributed by atoms with van der Waals surface area (Å²) in [5, 5.41) is 6.38. The highest BCUT2D eigenvalue weighted by atomic mass is 16.3. The van der Waals surface area contributed by atoms with E-state index in [0.29, 0.717) is 17.5 Å². The zero-order valence-corrected chi connectivity index (χ0v) is 30.4. The van der Waals surface area contributed by atoms with E-state index >= 15 is 0 Å². The van der Waals surface area contributed by atoms with E-state index in [9.17, 15) is 0 Å². The molecule has 12 aromatic rings. The normalized spacial score (nSPS) is 11.9. The number of aromatic nitrogens is 4. The van der Waals surface area contributed by atoms with Gasteiger partial charge in [0.25, 0.3) is 0 Å². The summed E-state index contributed by atoms with van der Waals surface area (Å²) in [7, 11) is 0. The number of nitrogens with zero attached hydrogens (tertiary/aromatic N) is 4. The minimum Gasteiger partial charge on any atom is -0.456 e. The number of hydrogen-bond acceptors (Lipinski definition) is 5. The molecule has 4 aromatic heterocycles. The van der Waals surface area contributed by atoms with Crippen molar-refractivity contribution < 1.29 is 8.83 Å². The fourth-order valence-electron chi connectivity index (χ4n) is 8.48. The summed E-state index contributed by atoms with van der Waals surface area (Å²) >= 11 is 0. The van der Waals surface area contributed by atoms with Crippen LogP contribution in [0.5, 0.6) is 0 Å². The molecule has 12 rings (SSSR count). The van der Waals surface area contributed by atoms with Crippen LogP contribution in [0, 0.1) is 0 Å². The highest BCUT2D eigenvalue weighted by Gasteiger charge is 2.22. The minimum atomic E-state index is 0.560. The smallest absolute Gasteiger partial charge is 0.164 e. The molecule has 4 heterocycles. The Kier molecular flexibility index (Phi) is 6.83. The molecule has 0 N–H and O–H groups in total. The van der Waals surface area contributed by atoms with Crippen LogP contribution in [-0.2, 0) is 0 Å². The van der Waals surface area contributed by atoms with Crippen LogP contribution < -0.4 is 0 Å². The molecule has 6 nitrogen and oxygen atoms in total. The molecule has 0 aliphatic carbocycles. The number of furan rings is 2. The lowest BCUT2D eigenvalue weighted by Gasteiger charge is -2.14. The molecule has 0 spiro atoms. The second-order valence-corrected chi connectivity index (χ2v) is 14.4. The number of para-hydroxylation sites is 4. The fraction of sp³-hybridized carbons (Fsp3) is 0. The second kappa shape index (κ2) is 12.3. The average molecular weight is 731 g/mol. The van der Waals surface area contributed by atoms with Crippen LogP contribution in [0.3, 0.4) is 0 Å². The molecule has 0 radical (unpaired) electrons. The van der Waals surface area contributed by atoms with E-state index in [-0.39, 0.29) is 0 Å². The van der Waals surface area contributed by atoms with Gasteiger partial charge in [-0.25, -0.2) is 15.0 Å². The third-order valence-corrected chi connectivity index (χ3v) is 11.1. The SMILES string of the molecule is c1ccc(-c2ccccc2-n2c3ccccc3c3c(-c4nc(-c5ccc6c(c5)oc5ccccc56)nc(-c5ccc6oc7ccccc7c6c5)n4)cccc32)cc1. The maximum absolute atomic E-state index is 6.33. The van der Waals surface area contributed by atoms with Gasteiger partial charge in [-0.05, 0) is 66.2 Å². The van der Waals surface area contributed by atoms with Crippen LogP contribution in [0.25, 0.3) is 117 Å². The van der Waals surface area contributed by atoms with Crippen LogP contribution in [0.1, 0.15) is 0 Å². The van der Waals surface area contributed by atoms with E-state index in [1.165, 1.54) is 0 Å². The standard InChI is InChI=1S/C51H30N4O2/c1-2-13-31(14-3-1)34-15-4-8-20-41(34)55-42-21-9-5-18-38(42)48-39(19-12-22-43(48)55)51-53-49(32-26-28-46-40(29-32)36-17-7-11-24-45(36)56-46)52-50(54-51)33-25-27-37-35-16-6-10-23-44(35)57-47(37)30-33/h1-30H. The molecule has 0 bridgehead atoms. The summed E-state index contributed by atoms with van der Waals surface area (Å²) in [6, 6.07) is 62.8. The fourth-order valence-corrected chi connectivity index (χ4v) is 8.48. The predicted octanol–water partition coefficient (Wildman–Crippen LogP) is 13.4. The molecule has 6 heteroatoms. The first-order chi connectivity index (χ1) is 28.2. The molecule has 0 saturated heterocycles. The predicted molar refractivity (Wildman–Crippen MR) is 230 cm³/mol. The van der Waals surface area contributed by atoms with Gasteiger partial charge in [0.15, 0.2) is 17.5 Å². The minimum absolute atomic E-state index is 0.560. The van der Waals surface area contributed by atoms with E-state index in [2.05, 4.69) is 132 Å². The van der Waals surface area contributed by atoms with Crippen LogP contribution in [-0.4, -0.2) is 19.5 Å². The number of rotatable bonds is 5. The van der Waals surface area contributed by atoms with Crippen molar-refractivity contribution in [2.24, 2.45) is 0 Å². The van der Waals surface area contributed by atoms with Crippen LogP contribution in [0.15, 0.2) is 191 Å². The Morgan fingerprint density at radius 2 is 0.895 bits per heavy atom. The van der Waals surface area contributed by atoms with E-state index in [1.54, 1.807) is 0 Å². The highest BCUT2D eigenvalue weighted by molar-refractivity contribution is 6.16. The highest BCUT2D eigenvalue weighted by Crippen LogP contribution is 2.41. The Bertz CT molecular complexity index is 3540. The molecular formula is C51H30N4O2. The molecule has 0 unspecified atom stereocenters. The van der Waals surface area contributed by atoms with Crippen molar-refractivity contribution in [3.63, 3.8) is 0 Å². The lowest BCUT2D eigenvalue weighted by molar-refractivity contribution is 0.668. The molecule has 0 aliphatic heterocycles. The van der Waals surface area contributed by atoms with Crippen LogP contribution in [0.2, 0.25) is 0 Å². The van der Waals surface area contributed by atoms with E-state index < -0.39 is 0 Å². The molecule has 266 valence electrons. The summed E-state index contributed by atoms with van der Waals surface area (Å²) < 4.78 is 14.9. The van der Waals surface area contributed by atoms with Gasteiger partial charge < -0.3 is 13.4 Å². The van der Waals surface area contributed by atoms with Crippen molar-refractivity contribution in [1.82, 2.24) is 19.5 Å². The molecule has 0 fully saturated rings. The first-order valence-corrected chi connectivity index (χ1v) is 19.0. The van der Waals surface area contributed by atoms with Crippen molar-refractivity contribution in [1.29, 1.82) is 0 Å². The first kappa shape index (κ1) is 31.5. The zero-order valence-electron chi connectivity index (χ0n) is 30.4. The summed E-state index contributed by atoms with van der Waals surface area (Å²) in [6.45, 7) is 0. The van der Waals surface area contributed by atoms with Gasteiger partial charge in [0.2, 0.25) is 0 Å². The second-order valence-electron chi connectivity index (χ2n) is 14.4. The molecule has 0 aliphatic rings. The third-order valence-electron chi connectivity index (χ3n) is 11.1. The Hall–Kier alpha value is -7.83. The zero-order chi connectivity index (χ0) is 37.5. The quantitative estimate of drug-likeness (QED) is 0.176. The monoisotopic (exact) mass is 730 g/mol. The van der Waals surface area contributed by atoms with Gasteiger partial charge in [-0.3, -0.25) is 0 Å². The summed E-state index contributed by atoms with van der Waals surface area (Å²) in [4.78, 5) is 15.7. The third kappa shape index (κ3) is 4.94. The van der Waals surface area contributed by atoms with Crippen molar-refractivity contribution in [3.05, 3.63) is 182 Å². The summed E-state index contributed by atoms with van der Waals surface area (Å²) in [5.41, 5.74) is 11.5. The lowest BCUT2D eigenvalue weighted by Crippen LogP contribution is -2.01. The van der Waals surface area contributed by atoms with Gasteiger partial charge in [0, 0.05) is 54.6 Å². The van der Waals surface area contributed by atoms with Gasteiger partial charge in [-0.2, -0.15) is 0 Å². The largest absolute Gasteiger partial charge is 0.456 e. The average Bonchev–Trinajstić information content (AvgIpc) is 3.95. The molecule has 0 amide bonds. The Morgan fingerprint density at radius 1 is 0.333 bits per heavy atom.